The van der Waals surface area contributed by atoms with E-state index in [1.165, 1.54) is 0 Å². The standard InChI is InChI=1S/C42H59N2O7SSi/c1-29(2)41(28-51-53)42(30(3)4,31(5)6)40(35-15-12-33(26-45)13-16-35)39(25-44(41)52(46,47)36-17-10-32(7)11-18-36)50-27-34-14-19-38-37(24-34)43(21-23-49-38)20-9-22-48-8/h10-19,24,29-31,39-40,45H,9,20-23,25-28H2,1-8H3/t39-,40-,41-/m0/s1. The highest BCUT2D eigenvalue weighted by Crippen LogP contribution is 2.64. The van der Waals surface area contributed by atoms with Crippen molar-refractivity contribution in [3.05, 3.63) is 89.0 Å². The highest BCUT2D eigenvalue weighted by atomic mass is 32.2. The van der Waals surface area contributed by atoms with Crippen LogP contribution in [0.2, 0.25) is 0 Å². The maximum atomic E-state index is 15.2. The Balaban J connectivity index is 1.70. The molecule has 0 aromatic heterocycles. The first-order chi connectivity index (χ1) is 25.3. The SMILES string of the molecule is COCCCN1CCOc2ccc(CO[C@H]3CN(S(=O)(=O)c4ccc(C)cc4)[C@@](CO[Si])(C(C)C)C(C(C)C)(C(C)C)[C@H]3c3ccc(CO)cc3)cc21. The number of fused-ring (bicyclic) bond motifs is 1. The van der Waals surface area contributed by atoms with Gasteiger partial charge < -0.3 is 28.6 Å². The van der Waals surface area contributed by atoms with Gasteiger partial charge in [-0.05, 0) is 72.1 Å². The molecular weight excluding hydrogens is 705 g/mol. The topological polar surface area (TPSA) is 97.8 Å². The van der Waals surface area contributed by atoms with E-state index < -0.39 is 27.1 Å². The Hall–Kier alpha value is -2.77. The van der Waals surface area contributed by atoms with Crippen LogP contribution in [-0.2, 0) is 37.1 Å². The van der Waals surface area contributed by atoms with E-state index in [-0.39, 0.29) is 54.9 Å². The van der Waals surface area contributed by atoms with Gasteiger partial charge in [-0.15, -0.1) is 0 Å². The molecule has 0 amide bonds. The van der Waals surface area contributed by atoms with E-state index in [2.05, 4.69) is 75.1 Å². The van der Waals surface area contributed by atoms with Crippen LogP contribution < -0.4 is 9.64 Å². The Morgan fingerprint density at radius 1 is 0.943 bits per heavy atom. The van der Waals surface area contributed by atoms with Gasteiger partial charge in [0.1, 0.15) is 12.4 Å². The molecule has 2 aliphatic rings. The Kier molecular flexibility index (Phi) is 13.6. The Morgan fingerprint density at radius 2 is 1.60 bits per heavy atom. The maximum Gasteiger partial charge on any atom is 0.246 e. The zero-order chi connectivity index (χ0) is 38.6. The quantitative estimate of drug-likeness (QED) is 0.125. The molecule has 1 fully saturated rings. The number of piperidine rings is 1. The summed E-state index contributed by atoms with van der Waals surface area (Å²) in [6.07, 6.45) is 0.370. The molecular formula is C42H59N2O7SSi. The molecule has 289 valence electrons. The second-order valence-corrected chi connectivity index (χ2v) is 17.8. The molecule has 3 radical (unpaired) electrons. The van der Waals surface area contributed by atoms with Crippen LogP contribution in [0, 0.1) is 30.1 Å². The summed E-state index contributed by atoms with van der Waals surface area (Å²) >= 11 is 0. The number of benzene rings is 3. The third kappa shape index (κ3) is 7.72. The van der Waals surface area contributed by atoms with Crippen molar-refractivity contribution in [2.45, 2.75) is 90.6 Å². The van der Waals surface area contributed by atoms with Gasteiger partial charge in [0.25, 0.3) is 0 Å². The number of aliphatic hydroxyl groups is 1. The normalized spacial score (nSPS) is 22.0. The van der Waals surface area contributed by atoms with Gasteiger partial charge in [-0.3, -0.25) is 0 Å². The molecule has 0 bridgehead atoms. The molecule has 3 aromatic carbocycles. The molecule has 0 aliphatic carbocycles. The summed E-state index contributed by atoms with van der Waals surface area (Å²) in [6.45, 7) is 18.4. The summed E-state index contributed by atoms with van der Waals surface area (Å²) < 4.78 is 56.6. The largest absolute Gasteiger partial charge is 0.490 e. The predicted molar refractivity (Wildman–Crippen MR) is 211 cm³/mol. The smallest absolute Gasteiger partial charge is 0.246 e. The number of nitrogens with zero attached hydrogens (tertiary/aromatic N) is 2. The van der Waals surface area contributed by atoms with Gasteiger partial charge in [0.2, 0.25) is 20.5 Å². The van der Waals surface area contributed by atoms with Crippen molar-refractivity contribution < 1.29 is 32.2 Å². The van der Waals surface area contributed by atoms with Crippen molar-refractivity contribution in [3.63, 3.8) is 0 Å². The molecule has 11 heteroatoms. The summed E-state index contributed by atoms with van der Waals surface area (Å²) in [6, 6.07) is 21.4. The van der Waals surface area contributed by atoms with Crippen LogP contribution >= 0.6 is 0 Å². The van der Waals surface area contributed by atoms with Crippen molar-refractivity contribution in [3.8, 4) is 5.75 Å². The van der Waals surface area contributed by atoms with Gasteiger partial charge >= 0.3 is 0 Å². The van der Waals surface area contributed by atoms with E-state index in [9.17, 15) is 5.11 Å². The van der Waals surface area contributed by atoms with E-state index >= 15 is 8.42 Å². The van der Waals surface area contributed by atoms with Gasteiger partial charge in [-0.25, -0.2) is 8.42 Å². The second kappa shape index (κ2) is 17.4. The van der Waals surface area contributed by atoms with Crippen LogP contribution in [0.3, 0.4) is 0 Å². The monoisotopic (exact) mass is 763 g/mol. The lowest BCUT2D eigenvalue weighted by Crippen LogP contribution is -2.77. The summed E-state index contributed by atoms with van der Waals surface area (Å²) in [5.41, 5.74) is 3.16. The van der Waals surface area contributed by atoms with Gasteiger partial charge in [0.05, 0.1) is 48.6 Å². The van der Waals surface area contributed by atoms with Crippen LogP contribution in [0.4, 0.5) is 5.69 Å². The van der Waals surface area contributed by atoms with E-state index in [4.69, 9.17) is 18.6 Å². The van der Waals surface area contributed by atoms with E-state index in [1.54, 1.807) is 23.5 Å². The zero-order valence-corrected chi connectivity index (χ0v) is 34.6. The molecule has 3 aromatic rings. The van der Waals surface area contributed by atoms with Crippen molar-refractivity contribution in [1.29, 1.82) is 0 Å². The van der Waals surface area contributed by atoms with Crippen molar-refractivity contribution in [2.24, 2.45) is 23.2 Å². The molecule has 9 nitrogen and oxygen atoms in total. The van der Waals surface area contributed by atoms with Crippen LogP contribution in [0.1, 0.15) is 76.1 Å². The molecule has 3 atom stereocenters. The van der Waals surface area contributed by atoms with Crippen molar-refractivity contribution in [1.82, 2.24) is 4.31 Å². The van der Waals surface area contributed by atoms with E-state index in [1.807, 2.05) is 43.3 Å². The van der Waals surface area contributed by atoms with Gasteiger partial charge in [-0.1, -0.05) is 89.6 Å². The van der Waals surface area contributed by atoms with Gasteiger partial charge in [0, 0.05) is 38.1 Å². The predicted octanol–water partition coefficient (Wildman–Crippen LogP) is 6.89. The summed E-state index contributed by atoms with van der Waals surface area (Å²) in [4.78, 5) is 2.58. The third-order valence-corrected chi connectivity index (χ3v) is 14.0. The van der Waals surface area contributed by atoms with Gasteiger partial charge in [0.15, 0.2) is 0 Å². The van der Waals surface area contributed by atoms with Crippen LogP contribution in [0.15, 0.2) is 71.6 Å². The summed E-state index contributed by atoms with van der Waals surface area (Å²) in [5.74, 6) is 0.419. The Morgan fingerprint density at radius 3 is 2.19 bits per heavy atom. The number of sulfonamides is 1. The van der Waals surface area contributed by atoms with Crippen molar-refractivity contribution in [2.75, 3.05) is 51.5 Å². The molecule has 1 N–H and O–H groups in total. The first kappa shape index (κ1) is 41.4. The lowest BCUT2D eigenvalue weighted by molar-refractivity contribution is -0.194. The Labute approximate surface area is 321 Å². The fourth-order valence-corrected chi connectivity index (χ4v) is 11.9. The molecule has 0 saturated carbocycles. The van der Waals surface area contributed by atoms with Crippen molar-refractivity contribution >= 4 is 26.2 Å². The molecule has 1 saturated heterocycles. The number of anilines is 1. The van der Waals surface area contributed by atoms with Crippen LogP contribution in [-0.4, -0.2) is 86.5 Å². The maximum absolute atomic E-state index is 15.2. The first-order valence-electron chi connectivity index (χ1n) is 19.0. The fourth-order valence-electron chi connectivity index (χ4n) is 9.73. The molecule has 5 rings (SSSR count). The molecule has 0 unspecified atom stereocenters. The lowest BCUT2D eigenvalue weighted by atomic mass is 9.45. The highest BCUT2D eigenvalue weighted by molar-refractivity contribution is 7.89. The van der Waals surface area contributed by atoms with Gasteiger partial charge in [-0.2, -0.15) is 4.31 Å². The molecule has 2 aliphatic heterocycles. The third-order valence-electron chi connectivity index (χ3n) is 11.9. The highest BCUT2D eigenvalue weighted by Gasteiger charge is 2.69. The minimum atomic E-state index is -4.07. The number of hydrogen-bond acceptors (Lipinski definition) is 8. The average Bonchev–Trinajstić information content (AvgIpc) is 3.13. The molecule has 53 heavy (non-hydrogen) atoms. The van der Waals surface area contributed by atoms with E-state index in [0.717, 1.165) is 53.2 Å². The second-order valence-electron chi connectivity index (χ2n) is 15.7. The van der Waals surface area contributed by atoms with E-state index in [0.29, 0.717) is 13.2 Å². The van der Waals surface area contributed by atoms with Crippen LogP contribution in [0.25, 0.3) is 0 Å². The number of hydrogen-bond donors (Lipinski definition) is 1. The number of rotatable bonds is 16. The minimum Gasteiger partial charge on any atom is -0.490 e. The lowest BCUT2D eigenvalue weighted by Gasteiger charge is -2.68. The summed E-state index contributed by atoms with van der Waals surface area (Å²) in [7, 11) is 1.04. The number of aliphatic hydroxyl groups excluding tert-OH is 1. The minimum absolute atomic E-state index is 0.0158. The average molecular weight is 764 g/mol. The number of methoxy groups -OCH3 is 1. The Bertz CT molecular complexity index is 1740. The zero-order valence-electron chi connectivity index (χ0n) is 32.8. The number of aryl methyl sites for hydroxylation is 1. The summed E-state index contributed by atoms with van der Waals surface area (Å²) in [5, 5.41) is 9.98. The molecule has 2 heterocycles. The van der Waals surface area contributed by atoms with Crippen LogP contribution in [0.5, 0.6) is 5.75 Å². The first-order valence-corrected chi connectivity index (χ1v) is 20.8. The fraction of sp³-hybridized carbons (Fsp3) is 0.571. The molecule has 0 spiro atoms. The number of ether oxygens (including phenoxy) is 3.